The lowest BCUT2D eigenvalue weighted by molar-refractivity contribution is -0.111. The highest BCUT2D eigenvalue weighted by Gasteiger charge is 2.05. The van der Waals surface area contributed by atoms with Crippen LogP contribution in [0, 0.1) is 0 Å². The Hall–Kier alpha value is -2.62. The van der Waals surface area contributed by atoms with Gasteiger partial charge in [0.1, 0.15) is 0 Å². The molecule has 0 radical (unpaired) electrons. The van der Waals surface area contributed by atoms with Crippen molar-refractivity contribution in [1.82, 2.24) is 10.9 Å². The van der Waals surface area contributed by atoms with Gasteiger partial charge in [-0.3, -0.25) is 9.59 Å². The third-order valence-electron chi connectivity index (χ3n) is 2.38. The molecule has 0 spiro atoms. The predicted molar refractivity (Wildman–Crippen MR) is 69.0 cm³/mol. The lowest BCUT2D eigenvalue weighted by atomic mass is 10.1. The van der Waals surface area contributed by atoms with E-state index in [0.717, 1.165) is 0 Å². The fourth-order valence-electron chi connectivity index (χ4n) is 1.44. The Morgan fingerprint density at radius 1 is 0.667 bits per heavy atom. The van der Waals surface area contributed by atoms with Crippen molar-refractivity contribution in [3.8, 4) is 0 Å². The molecule has 0 aromatic heterocycles. The molecular weight excluding hydrogens is 228 g/mol. The average molecular weight is 240 g/mol. The van der Waals surface area contributed by atoms with Crippen LogP contribution in [0.5, 0.6) is 0 Å². The van der Waals surface area contributed by atoms with Crippen LogP contribution in [-0.4, -0.2) is 11.6 Å². The maximum absolute atomic E-state index is 11.4. The molecule has 0 unspecified atom stereocenters. The Bertz CT molecular complexity index is 496. The summed E-state index contributed by atoms with van der Waals surface area (Å²) in [6, 6.07) is 0. The van der Waals surface area contributed by atoms with E-state index in [1.807, 2.05) is 0 Å². The molecule has 2 N–H and O–H groups in total. The summed E-state index contributed by atoms with van der Waals surface area (Å²) in [6.45, 7) is 0. The summed E-state index contributed by atoms with van der Waals surface area (Å²) in [6.07, 6.45) is 16.4. The van der Waals surface area contributed by atoms with Crippen molar-refractivity contribution in [3.05, 3.63) is 72.2 Å². The van der Waals surface area contributed by atoms with E-state index in [2.05, 4.69) is 10.9 Å². The normalized spacial score (nSPS) is 22.0. The number of ketones is 2. The molecule has 0 saturated heterocycles. The molecule has 0 amide bonds. The summed E-state index contributed by atoms with van der Waals surface area (Å²) in [5, 5.41) is 0. The zero-order valence-electron chi connectivity index (χ0n) is 9.59. The second kappa shape index (κ2) is 5.63. The molecule has 18 heavy (non-hydrogen) atoms. The van der Waals surface area contributed by atoms with Gasteiger partial charge in [-0.1, -0.05) is 24.3 Å². The van der Waals surface area contributed by atoms with Gasteiger partial charge in [0.05, 0.1) is 0 Å². The molecular formula is C14H12N2O2. The van der Waals surface area contributed by atoms with Crippen LogP contribution in [0.25, 0.3) is 0 Å². The molecule has 2 aliphatic carbocycles. The summed E-state index contributed by atoms with van der Waals surface area (Å²) in [5.74, 6) is -0.118. The van der Waals surface area contributed by atoms with E-state index in [1.165, 1.54) is 12.2 Å². The number of hydrogen-bond acceptors (Lipinski definition) is 4. The van der Waals surface area contributed by atoms with Crippen LogP contribution in [0.4, 0.5) is 0 Å². The molecule has 0 aliphatic heterocycles. The zero-order valence-corrected chi connectivity index (χ0v) is 9.59. The fourth-order valence-corrected chi connectivity index (χ4v) is 1.44. The van der Waals surface area contributed by atoms with Crippen molar-refractivity contribution in [2.24, 2.45) is 0 Å². The van der Waals surface area contributed by atoms with E-state index in [1.54, 1.807) is 48.9 Å². The molecule has 0 bridgehead atoms. The molecule has 0 heterocycles. The zero-order chi connectivity index (χ0) is 12.8. The fraction of sp³-hybridized carbons (Fsp3) is 0. The number of carbonyl (C=O) groups is 2. The van der Waals surface area contributed by atoms with Crippen molar-refractivity contribution in [1.29, 1.82) is 0 Å². The first kappa shape index (κ1) is 11.9. The van der Waals surface area contributed by atoms with E-state index in [-0.39, 0.29) is 11.6 Å². The number of hydrazine groups is 1. The number of carbonyl (C=O) groups excluding carboxylic acids is 2. The second-order valence-corrected chi connectivity index (χ2v) is 3.65. The van der Waals surface area contributed by atoms with Gasteiger partial charge in [0.15, 0.2) is 11.6 Å². The van der Waals surface area contributed by atoms with Gasteiger partial charge in [0, 0.05) is 23.5 Å². The monoisotopic (exact) mass is 240 g/mol. The van der Waals surface area contributed by atoms with Gasteiger partial charge in [-0.2, -0.15) is 0 Å². The first-order chi connectivity index (χ1) is 8.77. The highest BCUT2D eigenvalue weighted by Crippen LogP contribution is 2.05. The van der Waals surface area contributed by atoms with Crippen molar-refractivity contribution in [2.45, 2.75) is 0 Å². The van der Waals surface area contributed by atoms with Gasteiger partial charge < -0.3 is 10.9 Å². The van der Waals surface area contributed by atoms with Crippen LogP contribution in [0.3, 0.4) is 0 Å². The Morgan fingerprint density at radius 2 is 1.06 bits per heavy atom. The van der Waals surface area contributed by atoms with Crippen molar-refractivity contribution < 1.29 is 9.59 Å². The quantitative estimate of drug-likeness (QED) is 0.442. The van der Waals surface area contributed by atoms with E-state index < -0.39 is 0 Å². The second-order valence-electron chi connectivity index (χ2n) is 3.65. The van der Waals surface area contributed by atoms with Gasteiger partial charge in [0.25, 0.3) is 0 Å². The minimum atomic E-state index is -0.0592. The SMILES string of the molecule is O=C1C=CC=C/C1=C\NN/C=C1\C=CC=CC1=O. The lowest BCUT2D eigenvalue weighted by Crippen LogP contribution is -2.23. The summed E-state index contributed by atoms with van der Waals surface area (Å²) in [7, 11) is 0. The van der Waals surface area contributed by atoms with Crippen molar-refractivity contribution >= 4 is 11.6 Å². The number of hydrogen-bond donors (Lipinski definition) is 2. The molecule has 0 fully saturated rings. The molecule has 90 valence electrons. The molecule has 4 nitrogen and oxygen atoms in total. The highest BCUT2D eigenvalue weighted by atomic mass is 16.1. The third-order valence-corrected chi connectivity index (χ3v) is 2.38. The maximum Gasteiger partial charge on any atom is 0.187 e. The molecule has 0 saturated carbocycles. The van der Waals surface area contributed by atoms with Gasteiger partial charge in [-0.25, -0.2) is 0 Å². The van der Waals surface area contributed by atoms with Crippen molar-refractivity contribution in [2.75, 3.05) is 0 Å². The number of rotatable bonds is 3. The number of allylic oxidation sites excluding steroid dienone is 10. The topological polar surface area (TPSA) is 58.2 Å². The minimum absolute atomic E-state index is 0.0592. The average Bonchev–Trinajstić information content (AvgIpc) is 2.38. The standard InChI is InChI=1S/C14H12N2O2/c17-13-7-3-1-5-11(13)9-15-16-10-12-6-2-4-8-14(12)18/h1-10,15-16H/b11-9+,12-10+. The first-order valence-corrected chi connectivity index (χ1v) is 5.47. The molecule has 0 atom stereocenters. The smallest absolute Gasteiger partial charge is 0.187 e. The molecule has 2 aliphatic rings. The molecule has 4 heteroatoms. The third kappa shape index (κ3) is 2.95. The largest absolute Gasteiger partial charge is 0.308 e. The van der Waals surface area contributed by atoms with Gasteiger partial charge in [-0.05, 0) is 24.3 Å². The Morgan fingerprint density at radius 3 is 1.44 bits per heavy atom. The Kier molecular flexibility index (Phi) is 3.71. The van der Waals surface area contributed by atoms with Crippen LogP contribution in [-0.2, 0) is 9.59 Å². The minimum Gasteiger partial charge on any atom is -0.308 e. The van der Waals surface area contributed by atoms with Crippen LogP contribution >= 0.6 is 0 Å². The van der Waals surface area contributed by atoms with Crippen LogP contribution < -0.4 is 10.9 Å². The van der Waals surface area contributed by atoms with Gasteiger partial charge in [0.2, 0.25) is 0 Å². The highest BCUT2D eigenvalue weighted by molar-refractivity contribution is 6.07. The van der Waals surface area contributed by atoms with E-state index >= 15 is 0 Å². The van der Waals surface area contributed by atoms with Crippen LogP contribution in [0.15, 0.2) is 72.2 Å². The van der Waals surface area contributed by atoms with Gasteiger partial charge in [-0.15, -0.1) is 0 Å². The Labute approximate surface area is 105 Å². The maximum atomic E-state index is 11.4. The van der Waals surface area contributed by atoms with Gasteiger partial charge >= 0.3 is 0 Å². The summed E-state index contributed by atoms with van der Waals surface area (Å²) in [4.78, 5) is 22.8. The van der Waals surface area contributed by atoms with Crippen LogP contribution in [0.2, 0.25) is 0 Å². The molecule has 2 rings (SSSR count). The lowest BCUT2D eigenvalue weighted by Gasteiger charge is -2.05. The predicted octanol–water partition coefficient (Wildman–Crippen LogP) is 1.24. The molecule has 0 aromatic carbocycles. The number of nitrogens with one attached hydrogen (secondary N) is 2. The summed E-state index contributed by atoms with van der Waals surface area (Å²) in [5.41, 5.74) is 6.60. The Balaban J connectivity index is 1.90. The summed E-state index contributed by atoms with van der Waals surface area (Å²) >= 11 is 0. The van der Waals surface area contributed by atoms with E-state index in [9.17, 15) is 9.59 Å². The first-order valence-electron chi connectivity index (χ1n) is 5.47. The van der Waals surface area contributed by atoms with Crippen LogP contribution in [0.1, 0.15) is 0 Å². The molecule has 0 aromatic rings. The van der Waals surface area contributed by atoms with Crippen molar-refractivity contribution in [3.63, 3.8) is 0 Å². The summed E-state index contributed by atoms with van der Waals surface area (Å²) < 4.78 is 0. The van der Waals surface area contributed by atoms with E-state index in [4.69, 9.17) is 0 Å². The van der Waals surface area contributed by atoms with E-state index in [0.29, 0.717) is 11.1 Å².